The van der Waals surface area contributed by atoms with Gasteiger partial charge in [0, 0.05) is 0 Å². The summed E-state index contributed by atoms with van der Waals surface area (Å²) in [7, 11) is 0. The Morgan fingerprint density at radius 3 is 2.31 bits per heavy atom. The molecule has 0 saturated carbocycles. The van der Waals surface area contributed by atoms with Gasteiger partial charge in [-0.3, -0.25) is 0 Å². The summed E-state index contributed by atoms with van der Waals surface area (Å²) >= 11 is 2.19. The molecule has 0 aliphatic rings. The van der Waals surface area contributed by atoms with Gasteiger partial charge in [-0.05, 0) is 0 Å². The zero-order valence-corrected chi connectivity index (χ0v) is 10.9. The predicted octanol–water partition coefficient (Wildman–Crippen LogP) is 3.04. The second kappa shape index (κ2) is 9.08. The van der Waals surface area contributed by atoms with Crippen LogP contribution in [0.1, 0.15) is 25.3 Å². The summed E-state index contributed by atoms with van der Waals surface area (Å²) < 4.78 is 1.43. The van der Waals surface area contributed by atoms with Gasteiger partial charge in [0.25, 0.3) is 0 Å². The van der Waals surface area contributed by atoms with E-state index in [-0.39, 0.29) is 24.8 Å². The Labute approximate surface area is 105 Å². The monoisotopic (exact) mass is 253 g/mol. The maximum atomic E-state index is 2.23. The molecule has 0 N–H and O–H groups in total. The molecule has 0 atom stereocenters. The van der Waals surface area contributed by atoms with Crippen molar-refractivity contribution in [3.63, 3.8) is 0 Å². The van der Waals surface area contributed by atoms with Gasteiger partial charge in [0.2, 0.25) is 0 Å². The first-order chi connectivity index (χ1) is 5.34. The van der Waals surface area contributed by atoms with Crippen LogP contribution in [-0.4, -0.2) is 0 Å². The summed E-state index contributed by atoms with van der Waals surface area (Å²) in [6.45, 7) is 2.23. The number of benzene rings is 1. The van der Waals surface area contributed by atoms with Crippen molar-refractivity contribution in [2.45, 2.75) is 26.2 Å². The van der Waals surface area contributed by atoms with E-state index in [1.54, 1.807) is 0 Å². The van der Waals surface area contributed by atoms with Crippen LogP contribution in [0.3, 0.4) is 0 Å². The molecule has 0 aliphatic heterocycles. The fourth-order valence-electron chi connectivity index (χ4n) is 1.11. The first kappa shape index (κ1) is 16.0. The van der Waals surface area contributed by atoms with E-state index >= 15 is 0 Å². The Bertz CT molecular complexity index is 226. The van der Waals surface area contributed by atoms with Gasteiger partial charge in [0.1, 0.15) is 0 Å². The zero-order valence-electron chi connectivity index (χ0n) is 7.75. The average Bonchev–Trinajstić information content (AvgIpc) is 2.03. The number of hydrogen-bond donors (Lipinski definition) is 0. The van der Waals surface area contributed by atoms with E-state index < -0.39 is 0 Å². The summed E-state index contributed by atoms with van der Waals surface area (Å²) in [5.41, 5.74) is 1.51. The Morgan fingerprint density at radius 2 is 1.77 bits per heavy atom. The van der Waals surface area contributed by atoms with Crippen LogP contribution in [-0.2, 0) is 26.9 Å². The van der Waals surface area contributed by atoms with Gasteiger partial charge in [-0.2, -0.15) is 0 Å². The molecule has 0 nitrogen and oxygen atoms in total. The molecule has 0 bridgehead atoms. The van der Waals surface area contributed by atoms with Gasteiger partial charge in [0.05, 0.1) is 0 Å². The van der Waals surface area contributed by atoms with Crippen molar-refractivity contribution in [2.24, 2.45) is 0 Å². The molecule has 0 heterocycles. The second-order valence-corrected chi connectivity index (χ2v) is 3.60. The van der Waals surface area contributed by atoms with Crippen LogP contribution in [0.25, 0.3) is 0 Å². The fraction of sp³-hybridized carbons (Fsp3) is 0.400. The van der Waals surface area contributed by atoms with E-state index in [9.17, 15) is 0 Å². The van der Waals surface area contributed by atoms with Gasteiger partial charge < -0.3 is 0 Å². The van der Waals surface area contributed by atoms with Gasteiger partial charge >= 0.3 is 80.3 Å². The van der Waals surface area contributed by atoms with Crippen molar-refractivity contribution in [2.75, 3.05) is 0 Å². The van der Waals surface area contributed by atoms with Crippen molar-refractivity contribution in [3.8, 4) is 0 Å². The Hall–Kier alpha value is 0.514. The minimum atomic E-state index is 0. The first-order valence-corrected chi connectivity index (χ1v) is 4.92. The van der Waals surface area contributed by atoms with Crippen LogP contribution in [0.4, 0.5) is 0 Å². The van der Waals surface area contributed by atoms with E-state index in [2.05, 4.69) is 51.6 Å². The van der Waals surface area contributed by atoms with Crippen LogP contribution >= 0.6 is 24.8 Å². The molecule has 0 amide bonds. The van der Waals surface area contributed by atoms with Crippen LogP contribution in [0.5, 0.6) is 0 Å². The number of halogens is 2. The molecule has 1 aromatic rings. The standard InChI is InChI=1S/C10H13.2ClH.Ti/c1-2-3-7-10-8-5-4-6-9-10;;;/h4-6,8H,2-3,7H2,1H3;2*1H;. The van der Waals surface area contributed by atoms with E-state index in [0.717, 1.165) is 0 Å². The fourth-order valence-corrected chi connectivity index (χ4v) is 1.58. The molecule has 0 radical (unpaired) electrons. The minimum absolute atomic E-state index is 0. The summed E-state index contributed by atoms with van der Waals surface area (Å²) in [5.74, 6) is 0. The molecule has 0 aromatic heterocycles. The predicted molar refractivity (Wildman–Crippen MR) is 59.2 cm³/mol. The minimum Gasteiger partial charge on any atom is -0.147 e. The molecule has 1 aromatic carbocycles. The van der Waals surface area contributed by atoms with Crippen molar-refractivity contribution < 1.29 is 20.4 Å². The van der Waals surface area contributed by atoms with Crippen molar-refractivity contribution in [1.82, 2.24) is 0 Å². The molecule has 0 unspecified atom stereocenters. The van der Waals surface area contributed by atoms with Gasteiger partial charge in [0.15, 0.2) is 0 Å². The molecule has 13 heavy (non-hydrogen) atoms. The summed E-state index contributed by atoms with van der Waals surface area (Å²) in [5, 5.41) is 0. The molecule has 0 saturated heterocycles. The van der Waals surface area contributed by atoms with E-state index in [1.807, 2.05) is 0 Å². The van der Waals surface area contributed by atoms with Crippen LogP contribution < -0.4 is 3.87 Å². The maximum absolute atomic E-state index is 2.23. The molecule has 0 aliphatic carbocycles. The normalized spacial score (nSPS) is 8.31. The SMILES string of the molecule is CCCCc1cccc[c]1[Ti].Cl.Cl. The maximum Gasteiger partial charge on any atom is -0.147 e. The number of hydrogen-bond acceptors (Lipinski definition) is 0. The number of aryl methyl sites for hydroxylation is 1. The topological polar surface area (TPSA) is 0 Å². The number of rotatable bonds is 3. The largest absolute Gasteiger partial charge is 0.147 e. The quantitative estimate of drug-likeness (QED) is 0.727. The Kier molecular flexibility index (Phi) is 11.2. The Morgan fingerprint density at radius 1 is 1.15 bits per heavy atom. The molecule has 1 rings (SSSR count). The molecular formula is C10H15Cl2Ti. The smallest absolute Gasteiger partial charge is 0.147 e. The molecule has 0 spiro atoms. The Balaban J connectivity index is 0. The van der Waals surface area contributed by atoms with E-state index in [1.165, 1.54) is 28.7 Å². The number of unbranched alkanes of at least 4 members (excludes halogenated alkanes) is 1. The molecular weight excluding hydrogens is 239 g/mol. The van der Waals surface area contributed by atoms with Crippen molar-refractivity contribution >= 4 is 28.7 Å². The first-order valence-electron chi connectivity index (χ1n) is 4.14. The van der Waals surface area contributed by atoms with Crippen LogP contribution in [0.2, 0.25) is 0 Å². The second-order valence-electron chi connectivity index (χ2n) is 2.76. The van der Waals surface area contributed by atoms with Gasteiger partial charge in [-0.25, -0.2) is 0 Å². The van der Waals surface area contributed by atoms with Crippen molar-refractivity contribution in [3.05, 3.63) is 29.8 Å². The molecule has 0 fully saturated rings. The third-order valence-electron chi connectivity index (χ3n) is 1.82. The van der Waals surface area contributed by atoms with Gasteiger partial charge in [-0.1, -0.05) is 0 Å². The van der Waals surface area contributed by atoms with E-state index in [0.29, 0.717) is 0 Å². The summed E-state index contributed by atoms with van der Waals surface area (Å²) in [4.78, 5) is 0. The molecule has 3 heteroatoms. The molecule has 73 valence electrons. The third-order valence-corrected chi connectivity index (χ3v) is 2.58. The summed E-state index contributed by atoms with van der Waals surface area (Å²) in [6, 6.07) is 8.64. The van der Waals surface area contributed by atoms with Crippen LogP contribution in [0, 0.1) is 0 Å². The van der Waals surface area contributed by atoms with Crippen molar-refractivity contribution in [1.29, 1.82) is 0 Å². The van der Waals surface area contributed by atoms with Gasteiger partial charge in [-0.15, -0.1) is 24.8 Å². The zero-order chi connectivity index (χ0) is 8.10. The van der Waals surface area contributed by atoms with E-state index in [4.69, 9.17) is 0 Å². The average molecular weight is 254 g/mol. The summed E-state index contributed by atoms with van der Waals surface area (Å²) in [6.07, 6.45) is 3.84. The third kappa shape index (κ3) is 5.75. The van der Waals surface area contributed by atoms with Crippen LogP contribution in [0.15, 0.2) is 24.3 Å².